The molecule has 0 amide bonds. The van der Waals surface area contributed by atoms with Crippen molar-refractivity contribution in [3.63, 3.8) is 0 Å². The Morgan fingerprint density at radius 2 is 2.15 bits per heavy atom. The van der Waals surface area contributed by atoms with Gasteiger partial charge in [0.15, 0.2) is 0 Å². The largest absolute Gasteiger partial charge is 0.493 e. The van der Waals surface area contributed by atoms with E-state index in [9.17, 15) is 0 Å². The standard InChI is InChI=1S/C17H25NOS/c1-2-20-17-9-5-7-15(17)18-12-13-10-11-19-16-8-4-3-6-14(13)16/h3-4,6,8,13,15,17-18H,2,5,7,9-12H2,1H3. The molecular formula is C17H25NOS. The predicted molar refractivity (Wildman–Crippen MR) is 86.9 cm³/mol. The van der Waals surface area contributed by atoms with Gasteiger partial charge in [-0.25, -0.2) is 0 Å². The summed E-state index contributed by atoms with van der Waals surface area (Å²) in [7, 11) is 0. The van der Waals surface area contributed by atoms with Gasteiger partial charge >= 0.3 is 0 Å². The lowest BCUT2D eigenvalue weighted by atomic mass is 9.93. The van der Waals surface area contributed by atoms with Crippen LogP contribution >= 0.6 is 11.8 Å². The molecule has 3 atom stereocenters. The van der Waals surface area contributed by atoms with E-state index in [1.807, 2.05) is 0 Å². The van der Waals surface area contributed by atoms with Crippen molar-refractivity contribution in [1.82, 2.24) is 5.32 Å². The van der Waals surface area contributed by atoms with Gasteiger partial charge in [0, 0.05) is 23.8 Å². The Kier molecular flexibility index (Phi) is 4.90. The first-order valence-electron chi connectivity index (χ1n) is 7.95. The summed E-state index contributed by atoms with van der Waals surface area (Å²) in [5, 5.41) is 4.68. The molecule has 1 N–H and O–H groups in total. The molecule has 1 aromatic rings. The van der Waals surface area contributed by atoms with E-state index in [1.165, 1.54) is 30.6 Å². The third kappa shape index (κ3) is 3.15. The predicted octanol–water partition coefficient (Wildman–Crippen LogP) is 3.82. The minimum absolute atomic E-state index is 0.618. The highest BCUT2D eigenvalue weighted by molar-refractivity contribution is 7.99. The van der Waals surface area contributed by atoms with Crippen molar-refractivity contribution in [3.8, 4) is 5.75 Å². The zero-order valence-corrected chi connectivity index (χ0v) is 13.1. The fourth-order valence-electron chi connectivity index (χ4n) is 3.49. The first-order valence-corrected chi connectivity index (χ1v) is 9.00. The van der Waals surface area contributed by atoms with Crippen LogP contribution in [0.5, 0.6) is 5.75 Å². The van der Waals surface area contributed by atoms with Gasteiger partial charge in [0.25, 0.3) is 0 Å². The molecule has 0 radical (unpaired) electrons. The fraction of sp³-hybridized carbons (Fsp3) is 0.647. The van der Waals surface area contributed by atoms with E-state index in [0.29, 0.717) is 5.92 Å². The number of thioether (sulfide) groups is 1. The zero-order valence-electron chi connectivity index (χ0n) is 12.3. The molecule has 2 aliphatic rings. The van der Waals surface area contributed by atoms with Gasteiger partial charge in [0.1, 0.15) is 5.75 Å². The molecule has 1 aliphatic carbocycles. The van der Waals surface area contributed by atoms with Gasteiger partial charge in [-0.15, -0.1) is 0 Å². The van der Waals surface area contributed by atoms with Crippen LogP contribution in [-0.4, -0.2) is 30.2 Å². The molecule has 110 valence electrons. The van der Waals surface area contributed by atoms with Crippen LogP contribution in [0.1, 0.15) is 44.1 Å². The molecule has 2 nitrogen and oxygen atoms in total. The molecule has 3 heteroatoms. The molecule has 20 heavy (non-hydrogen) atoms. The van der Waals surface area contributed by atoms with Crippen molar-refractivity contribution in [2.24, 2.45) is 0 Å². The Morgan fingerprint density at radius 3 is 3.05 bits per heavy atom. The van der Waals surface area contributed by atoms with E-state index >= 15 is 0 Å². The quantitative estimate of drug-likeness (QED) is 0.891. The summed E-state index contributed by atoms with van der Waals surface area (Å²) in [4.78, 5) is 0. The molecule has 1 saturated carbocycles. The number of rotatable bonds is 5. The molecule has 1 aromatic carbocycles. The van der Waals surface area contributed by atoms with Gasteiger partial charge < -0.3 is 10.1 Å². The Bertz CT molecular complexity index is 437. The Hall–Kier alpha value is -0.670. The summed E-state index contributed by atoms with van der Waals surface area (Å²) in [5.74, 6) is 2.95. The number of nitrogens with one attached hydrogen (secondary N) is 1. The van der Waals surface area contributed by atoms with E-state index in [4.69, 9.17) is 4.74 Å². The minimum Gasteiger partial charge on any atom is -0.493 e. The van der Waals surface area contributed by atoms with Crippen LogP contribution in [0.25, 0.3) is 0 Å². The van der Waals surface area contributed by atoms with Crippen LogP contribution in [0.15, 0.2) is 24.3 Å². The second-order valence-corrected chi connectivity index (χ2v) is 7.33. The molecule has 0 bridgehead atoms. The topological polar surface area (TPSA) is 21.3 Å². The second kappa shape index (κ2) is 6.86. The van der Waals surface area contributed by atoms with Crippen molar-refractivity contribution in [2.75, 3.05) is 18.9 Å². The van der Waals surface area contributed by atoms with Crippen LogP contribution in [0, 0.1) is 0 Å². The van der Waals surface area contributed by atoms with Crippen LogP contribution in [-0.2, 0) is 0 Å². The lowest BCUT2D eigenvalue weighted by molar-refractivity contribution is 0.262. The molecule has 0 saturated heterocycles. The summed E-state index contributed by atoms with van der Waals surface area (Å²) >= 11 is 2.13. The minimum atomic E-state index is 0.618. The highest BCUT2D eigenvalue weighted by Crippen LogP contribution is 2.34. The van der Waals surface area contributed by atoms with E-state index in [1.54, 1.807) is 0 Å². The average molecular weight is 291 g/mol. The third-order valence-electron chi connectivity index (χ3n) is 4.54. The summed E-state index contributed by atoms with van der Waals surface area (Å²) < 4.78 is 5.75. The molecule has 1 aliphatic heterocycles. The Morgan fingerprint density at radius 1 is 1.25 bits per heavy atom. The van der Waals surface area contributed by atoms with Gasteiger partial charge in [-0.3, -0.25) is 0 Å². The Labute approximate surface area is 126 Å². The van der Waals surface area contributed by atoms with Crippen molar-refractivity contribution in [1.29, 1.82) is 0 Å². The Balaban J connectivity index is 1.59. The normalized spacial score (nSPS) is 28.9. The number of ether oxygens (including phenoxy) is 1. The lowest BCUT2D eigenvalue weighted by Gasteiger charge is -2.28. The number of benzene rings is 1. The summed E-state index contributed by atoms with van der Waals surface area (Å²) in [5.41, 5.74) is 1.39. The van der Waals surface area contributed by atoms with Gasteiger partial charge in [0.2, 0.25) is 0 Å². The van der Waals surface area contributed by atoms with Crippen molar-refractivity contribution in [2.45, 2.75) is 49.8 Å². The van der Waals surface area contributed by atoms with Crippen molar-refractivity contribution < 1.29 is 4.74 Å². The summed E-state index contributed by atoms with van der Waals surface area (Å²) in [6.45, 7) is 4.24. The first kappa shape index (κ1) is 14.3. The van der Waals surface area contributed by atoms with Crippen molar-refractivity contribution in [3.05, 3.63) is 29.8 Å². The highest BCUT2D eigenvalue weighted by Gasteiger charge is 2.28. The van der Waals surface area contributed by atoms with Crippen LogP contribution in [0.3, 0.4) is 0 Å². The maximum Gasteiger partial charge on any atom is 0.122 e. The molecule has 3 rings (SSSR count). The maximum absolute atomic E-state index is 5.75. The first-order chi connectivity index (χ1) is 9.88. The number of hydrogen-bond acceptors (Lipinski definition) is 3. The van der Waals surface area contributed by atoms with Gasteiger partial charge in [-0.2, -0.15) is 11.8 Å². The van der Waals surface area contributed by atoms with Gasteiger partial charge in [-0.1, -0.05) is 31.5 Å². The SMILES string of the molecule is CCSC1CCCC1NCC1CCOc2ccccc21. The van der Waals surface area contributed by atoms with Gasteiger partial charge in [-0.05, 0) is 36.6 Å². The highest BCUT2D eigenvalue weighted by atomic mass is 32.2. The number of fused-ring (bicyclic) bond motifs is 1. The number of para-hydroxylation sites is 1. The third-order valence-corrected chi connectivity index (χ3v) is 5.87. The van der Waals surface area contributed by atoms with Crippen LogP contribution in [0.2, 0.25) is 0 Å². The van der Waals surface area contributed by atoms with E-state index in [0.717, 1.165) is 36.6 Å². The lowest BCUT2D eigenvalue weighted by Crippen LogP contribution is -2.37. The van der Waals surface area contributed by atoms with Crippen LogP contribution in [0.4, 0.5) is 0 Å². The second-order valence-electron chi connectivity index (χ2n) is 5.81. The molecule has 3 unspecified atom stereocenters. The molecule has 1 fully saturated rings. The van der Waals surface area contributed by atoms with E-state index in [-0.39, 0.29) is 0 Å². The molecule has 1 heterocycles. The van der Waals surface area contributed by atoms with E-state index in [2.05, 4.69) is 48.3 Å². The summed E-state index contributed by atoms with van der Waals surface area (Å²) in [6.07, 6.45) is 5.27. The zero-order chi connectivity index (χ0) is 13.8. The van der Waals surface area contributed by atoms with Crippen molar-refractivity contribution >= 4 is 11.8 Å². The average Bonchev–Trinajstić information content (AvgIpc) is 2.93. The molecular weight excluding hydrogens is 266 g/mol. The monoisotopic (exact) mass is 291 g/mol. The molecule has 0 spiro atoms. The maximum atomic E-state index is 5.75. The summed E-state index contributed by atoms with van der Waals surface area (Å²) in [6, 6.07) is 9.25. The molecule has 0 aromatic heterocycles. The van der Waals surface area contributed by atoms with Crippen LogP contribution < -0.4 is 10.1 Å². The van der Waals surface area contributed by atoms with E-state index < -0.39 is 0 Å². The fourth-order valence-corrected chi connectivity index (χ4v) is 4.72. The smallest absolute Gasteiger partial charge is 0.122 e. The number of hydrogen-bond donors (Lipinski definition) is 1. The van der Waals surface area contributed by atoms with Gasteiger partial charge in [0.05, 0.1) is 6.61 Å².